The highest BCUT2D eigenvalue weighted by Crippen LogP contribution is 2.19. The number of nitrogens with zero attached hydrogens (tertiary/aromatic N) is 3. The number of carbonyl (C=O) groups is 2. The molecule has 2 aromatic heterocycles. The number of pyridine rings is 1. The number of aromatic nitrogens is 2. The van der Waals surface area contributed by atoms with Gasteiger partial charge in [-0.3, -0.25) is 9.78 Å². The number of amides is 3. The van der Waals surface area contributed by atoms with Gasteiger partial charge in [0.1, 0.15) is 0 Å². The Morgan fingerprint density at radius 3 is 2.96 bits per heavy atom. The minimum atomic E-state index is -0.205. The quantitative estimate of drug-likeness (QED) is 0.888. The number of likely N-dealkylation sites (tertiary alicyclic amines) is 1. The van der Waals surface area contributed by atoms with Crippen molar-refractivity contribution in [3.8, 4) is 0 Å². The molecule has 2 N–H and O–H groups in total. The predicted octanol–water partition coefficient (Wildman–Crippen LogP) is 2.10. The molecule has 8 heteroatoms. The molecule has 0 bridgehead atoms. The van der Waals surface area contributed by atoms with E-state index >= 15 is 0 Å². The van der Waals surface area contributed by atoms with Crippen LogP contribution in [0.4, 0.5) is 9.93 Å². The summed E-state index contributed by atoms with van der Waals surface area (Å²) in [5.74, 6) is -0.282. The van der Waals surface area contributed by atoms with E-state index in [0.717, 1.165) is 18.5 Å². The predicted molar refractivity (Wildman–Crippen MR) is 91.5 cm³/mol. The van der Waals surface area contributed by atoms with E-state index in [0.29, 0.717) is 24.8 Å². The van der Waals surface area contributed by atoms with Crippen LogP contribution in [0, 0.1) is 5.92 Å². The van der Waals surface area contributed by atoms with Crippen molar-refractivity contribution in [2.75, 3.05) is 18.4 Å². The Balaban J connectivity index is 1.51. The topological polar surface area (TPSA) is 87.2 Å². The summed E-state index contributed by atoms with van der Waals surface area (Å²) in [5.41, 5.74) is 0.806. The first-order chi connectivity index (χ1) is 11.7. The zero-order chi connectivity index (χ0) is 16.8. The second-order valence-electron chi connectivity index (χ2n) is 5.59. The van der Waals surface area contributed by atoms with Gasteiger partial charge in [-0.2, -0.15) is 0 Å². The van der Waals surface area contributed by atoms with Crippen molar-refractivity contribution in [2.24, 2.45) is 5.92 Å². The molecule has 1 aliphatic rings. The van der Waals surface area contributed by atoms with Crippen molar-refractivity contribution in [3.63, 3.8) is 0 Å². The number of rotatable bonds is 4. The zero-order valence-electron chi connectivity index (χ0n) is 13.1. The summed E-state index contributed by atoms with van der Waals surface area (Å²) >= 11 is 1.39. The van der Waals surface area contributed by atoms with E-state index in [1.165, 1.54) is 11.3 Å². The zero-order valence-corrected chi connectivity index (χ0v) is 14.0. The molecule has 7 nitrogen and oxygen atoms in total. The van der Waals surface area contributed by atoms with Crippen LogP contribution in [-0.4, -0.2) is 39.9 Å². The fourth-order valence-corrected chi connectivity index (χ4v) is 3.18. The van der Waals surface area contributed by atoms with Crippen molar-refractivity contribution in [1.82, 2.24) is 20.2 Å². The second kappa shape index (κ2) is 7.87. The average Bonchev–Trinajstić information content (AvgIpc) is 3.13. The molecule has 3 heterocycles. The van der Waals surface area contributed by atoms with E-state index in [-0.39, 0.29) is 17.9 Å². The van der Waals surface area contributed by atoms with E-state index < -0.39 is 0 Å². The Morgan fingerprint density at radius 1 is 1.29 bits per heavy atom. The molecule has 1 aliphatic heterocycles. The maximum absolute atomic E-state index is 12.3. The van der Waals surface area contributed by atoms with Crippen LogP contribution in [0.3, 0.4) is 0 Å². The Morgan fingerprint density at radius 2 is 2.21 bits per heavy atom. The van der Waals surface area contributed by atoms with Crippen molar-refractivity contribution < 1.29 is 9.59 Å². The number of hydrogen-bond acceptors (Lipinski definition) is 5. The summed E-state index contributed by atoms with van der Waals surface area (Å²) in [4.78, 5) is 34.5. The largest absolute Gasteiger partial charge is 0.332 e. The lowest BCUT2D eigenvalue weighted by atomic mass is 9.97. The maximum Gasteiger partial charge on any atom is 0.317 e. The summed E-state index contributed by atoms with van der Waals surface area (Å²) in [7, 11) is 0. The number of nitrogens with one attached hydrogen (secondary N) is 2. The molecule has 3 rings (SSSR count). The van der Waals surface area contributed by atoms with Crippen LogP contribution in [0.2, 0.25) is 0 Å². The third-order valence-electron chi connectivity index (χ3n) is 3.89. The van der Waals surface area contributed by atoms with Crippen molar-refractivity contribution in [2.45, 2.75) is 19.4 Å². The third-order valence-corrected chi connectivity index (χ3v) is 4.58. The van der Waals surface area contributed by atoms with Crippen molar-refractivity contribution in [3.05, 3.63) is 41.7 Å². The van der Waals surface area contributed by atoms with Gasteiger partial charge in [-0.25, -0.2) is 9.78 Å². The molecule has 0 saturated carbocycles. The maximum atomic E-state index is 12.3. The number of anilines is 1. The summed E-state index contributed by atoms with van der Waals surface area (Å²) in [6, 6.07) is 5.42. The lowest BCUT2D eigenvalue weighted by Gasteiger charge is -2.31. The first kappa shape index (κ1) is 16.4. The normalized spacial score (nSPS) is 17.3. The van der Waals surface area contributed by atoms with Crippen LogP contribution < -0.4 is 10.6 Å². The molecule has 1 saturated heterocycles. The van der Waals surface area contributed by atoms with Gasteiger partial charge >= 0.3 is 6.03 Å². The van der Waals surface area contributed by atoms with Crippen LogP contribution in [0.1, 0.15) is 18.5 Å². The second-order valence-corrected chi connectivity index (χ2v) is 6.49. The molecule has 2 aromatic rings. The molecule has 0 radical (unpaired) electrons. The van der Waals surface area contributed by atoms with Gasteiger partial charge in [-0.1, -0.05) is 6.07 Å². The number of piperidine rings is 1. The lowest BCUT2D eigenvalue weighted by Crippen LogP contribution is -2.47. The molecule has 0 aromatic carbocycles. The number of hydrogen-bond donors (Lipinski definition) is 2. The Hall–Kier alpha value is -2.48. The first-order valence-corrected chi connectivity index (χ1v) is 8.73. The highest BCUT2D eigenvalue weighted by molar-refractivity contribution is 7.13. The average molecular weight is 345 g/mol. The van der Waals surface area contributed by atoms with Gasteiger partial charge in [0.15, 0.2) is 5.13 Å². The monoisotopic (exact) mass is 345 g/mol. The van der Waals surface area contributed by atoms with Gasteiger partial charge in [0.05, 0.1) is 18.2 Å². The molecular weight excluding hydrogens is 326 g/mol. The van der Waals surface area contributed by atoms with Gasteiger partial charge in [0, 0.05) is 30.9 Å². The standard InChI is InChI=1S/C16H19N5O2S/c22-14(20-15-18-7-9-24-15)12-4-3-8-21(11-12)16(23)19-10-13-5-1-2-6-17-13/h1-2,5-7,9,12H,3-4,8,10-11H2,(H,19,23)(H,18,20,22). The molecule has 0 spiro atoms. The summed E-state index contributed by atoms with van der Waals surface area (Å²) in [5, 5.41) is 8.07. The number of urea groups is 1. The van der Waals surface area contributed by atoms with Gasteiger partial charge in [-0.05, 0) is 25.0 Å². The fourth-order valence-electron chi connectivity index (χ4n) is 2.65. The van der Waals surface area contributed by atoms with Gasteiger partial charge in [0.25, 0.3) is 0 Å². The molecule has 3 amide bonds. The van der Waals surface area contributed by atoms with Crippen LogP contribution >= 0.6 is 11.3 Å². The molecule has 1 unspecified atom stereocenters. The minimum absolute atomic E-state index is 0.0767. The highest BCUT2D eigenvalue weighted by atomic mass is 32.1. The smallest absolute Gasteiger partial charge is 0.317 e. The van der Waals surface area contributed by atoms with E-state index in [2.05, 4.69) is 20.6 Å². The summed E-state index contributed by atoms with van der Waals surface area (Å²) in [6.45, 7) is 1.46. The van der Waals surface area contributed by atoms with Gasteiger partial charge in [0.2, 0.25) is 5.91 Å². The Labute approximate surface area is 144 Å². The SMILES string of the molecule is O=C(Nc1nccs1)C1CCCN(C(=O)NCc2ccccn2)C1. The Kier molecular flexibility index (Phi) is 5.37. The molecular formula is C16H19N5O2S. The van der Waals surface area contributed by atoms with E-state index in [1.54, 1.807) is 17.3 Å². The van der Waals surface area contributed by atoms with Crippen molar-refractivity contribution in [1.29, 1.82) is 0 Å². The molecule has 0 aliphatic carbocycles. The molecule has 1 atom stereocenters. The summed E-state index contributed by atoms with van der Waals surface area (Å²) < 4.78 is 0. The highest BCUT2D eigenvalue weighted by Gasteiger charge is 2.28. The first-order valence-electron chi connectivity index (χ1n) is 7.85. The van der Waals surface area contributed by atoms with Crippen LogP contribution in [0.25, 0.3) is 0 Å². The number of carbonyl (C=O) groups excluding carboxylic acids is 2. The van der Waals surface area contributed by atoms with E-state index in [4.69, 9.17) is 0 Å². The van der Waals surface area contributed by atoms with Gasteiger partial charge < -0.3 is 15.5 Å². The van der Waals surface area contributed by atoms with E-state index in [1.807, 2.05) is 23.6 Å². The molecule has 126 valence electrons. The van der Waals surface area contributed by atoms with Crippen LogP contribution in [0.15, 0.2) is 36.0 Å². The fraction of sp³-hybridized carbons (Fsp3) is 0.375. The third kappa shape index (κ3) is 4.29. The Bertz CT molecular complexity index is 677. The minimum Gasteiger partial charge on any atom is -0.332 e. The van der Waals surface area contributed by atoms with Crippen LogP contribution in [0.5, 0.6) is 0 Å². The van der Waals surface area contributed by atoms with Crippen molar-refractivity contribution >= 4 is 28.4 Å². The molecule has 1 fully saturated rings. The van der Waals surface area contributed by atoms with E-state index in [9.17, 15) is 9.59 Å². The van der Waals surface area contributed by atoms with Crippen LogP contribution in [-0.2, 0) is 11.3 Å². The lowest BCUT2D eigenvalue weighted by molar-refractivity contribution is -0.121. The van der Waals surface area contributed by atoms with Gasteiger partial charge in [-0.15, -0.1) is 11.3 Å². The number of thiazole rings is 1. The summed E-state index contributed by atoms with van der Waals surface area (Å²) in [6.07, 6.45) is 4.94. The molecule has 24 heavy (non-hydrogen) atoms.